The van der Waals surface area contributed by atoms with E-state index in [0.29, 0.717) is 5.69 Å². The van der Waals surface area contributed by atoms with Crippen molar-refractivity contribution in [1.82, 2.24) is 4.72 Å². The Hall–Kier alpha value is -1.87. The number of hydrogen-bond acceptors (Lipinski definition) is 6. The fourth-order valence-electron chi connectivity index (χ4n) is 1.78. The van der Waals surface area contributed by atoms with Crippen molar-refractivity contribution in [2.45, 2.75) is 4.90 Å². The summed E-state index contributed by atoms with van der Waals surface area (Å²) in [6.45, 7) is 3.29. The second kappa shape index (κ2) is 8.29. The number of nitrogens with one attached hydrogen (secondary N) is 1. The molecule has 1 radical (unpaired) electrons. The van der Waals surface area contributed by atoms with E-state index in [1.165, 1.54) is 36.8 Å². The van der Waals surface area contributed by atoms with Gasteiger partial charge in [-0.15, -0.1) is 0 Å². The van der Waals surface area contributed by atoms with Crippen molar-refractivity contribution in [3.05, 3.63) is 66.9 Å². The number of hydrogen-bond donors (Lipinski definition) is 2. The molecule has 0 fully saturated rings. The minimum Gasteiger partial charge on any atom is -0.545 e. The molecule has 2 N–H and O–H groups in total. The number of carbonyl (C=O) groups is 1. The zero-order valence-electron chi connectivity index (χ0n) is 12.8. The molecule has 2 rings (SSSR count). The van der Waals surface area contributed by atoms with Crippen LogP contribution in [0.4, 0.5) is 5.69 Å². The van der Waals surface area contributed by atoms with Gasteiger partial charge >= 0.3 is 29.6 Å². The van der Waals surface area contributed by atoms with Crippen LogP contribution in [0, 0.1) is 6.42 Å². The van der Waals surface area contributed by atoms with Crippen LogP contribution in [-0.2, 0) is 14.8 Å². The number of benzene rings is 1. The summed E-state index contributed by atoms with van der Waals surface area (Å²) in [4.78, 5) is 15.0. The molecule has 0 heterocycles. The number of carboxylic acid groups (broad SMARTS) is 1. The maximum absolute atomic E-state index is 11.7. The minimum absolute atomic E-state index is 0. The summed E-state index contributed by atoms with van der Waals surface area (Å²) in [6, 6.07) is 5.63. The number of nitrogens with zero attached hydrogens (tertiary/aromatic N) is 1. The largest absolute Gasteiger partial charge is 1.00 e. The number of aliphatic imine (C=N–C) groups is 1. The Kier molecular flexibility index (Phi) is 6.97. The maximum Gasteiger partial charge on any atom is 1.00 e. The van der Waals surface area contributed by atoms with E-state index in [1.807, 2.05) is 0 Å². The third kappa shape index (κ3) is 4.81. The van der Waals surface area contributed by atoms with Gasteiger partial charge in [0, 0.05) is 23.9 Å². The summed E-state index contributed by atoms with van der Waals surface area (Å²) in [5.41, 5.74) is 0.319. The zero-order chi connectivity index (χ0) is 17.0. The van der Waals surface area contributed by atoms with Crippen molar-refractivity contribution < 1.29 is 53.0 Å². The molecular weight excluding hydrogens is 343 g/mol. The van der Waals surface area contributed by atoms with Crippen molar-refractivity contribution in [3.63, 3.8) is 0 Å². The van der Waals surface area contributed by atoms with Crippen molar-refractivity contribution in [3.8, 4) is 0 Å². The van der Waals surface area contributed by atoms with Crippen LogP contribution in [-0.4, -0.2) is 25.2 Å². The summed E-state index contributed by atoms with van der Waals surface area (Å²) in [5, 5.41) is 20.3. The Morgan fingerprint density at radius 3 is 2.46 bits per heavy atom. The molecule has 0 amide bonds. The maximum atomic E-state index is 11.7. The molecular formula is C15H12N2NaO5S. The number of allylic oxidation sites excluding steroid dienone is 2. The van der Waals surface area contributed by atoms with E-state index < -0.39 is 21.8 Å². The SMILES string of the molecule is C=CNS(=O)(=O)c1ccc(N=C2[CH]C=C(O)C(C(=O)[O-])=C2)cc1.[Na+]. The van der Waals surface area contributed by atoms with Crippen LogP contribution in [0.2, 0.25) is 0 Å². The molecule has 1 aliphatic rings. The van der Waals surface area contributed by atoms with Gasteiger partial charge in [0.1, 0.15) is 5.76 Å². The van der Waals surface area contributed by atoms with Crippen LogP contribution in [0.25, 0.3) is 0 Å². The van der Waals surface area contributed by atoms with Gasteiger partial charge < -0.3 is 15.0 Å². The average molecular weight is 355 g/mol. The molecule has 24 heavy (non-hydrogen) atoms. The normalized spacial score (nSPS) is 15.8. The second-order valence-electron chi connectivity index (χ2n) is 4.42. The first-order valence-corrected chi connectivity index (χ1v) is 7.81. The number of sulfonamides is 1. The number of carboxylic acids is 1. The molecule has 0 spiro atoms. The molecule has 0 unspecified atom stereocenters. The van der Waals surface area contributed by atoms with E-state index in [4.69, 9.17) is 0 Å². The number of aliphatic carboxylic acids is 1. The number of aliphatic hydroxyl groups excluding tert-OH is 1. The molecule has 0 atom stereocenters. The predicted molar refractivity (Wildman–Crippen MR) is 82.2 cm³/mol. The number of aliphatic hydroxyl groups is 1. The average Bonchev–Trinajstić information content (AvgIpc) is 2.49. The van der Waals surface area contributed by atoms with Gasteiger partial charge in [0.05, 0.1) is 16.6 Å². The third-order valence-electron chi connectivity index (χ3n) is 2.84. The summed E-state index contributed by atoms with van der Waals surface area (Å²) in [5.74, 6) is -1.93. The molecule has 9 heteroatoms. The van der Waals surface area contributed by atoms with Crippen molar-refractivity contribution in [1.29, 1.82) is 0 Å². The van der Waals surface area contributed by atoms with E-state index >= 15 is 0 Å². The van der Waals surface area contributed by atoms with Crippen LogP contribution < -0.4 is 39.4 Å². The predicted octanol–water partition coefficient (Wildman–Crippen LogP) is -2.48. The van der Waals surface area contributed by atoms with E-state index in [9.17, 15) is 23.4 Å². The number of rotatable bonds is 5. The van der Waals surface area contributed by atoms with E-state index in [-0.39, 0.29) is 45.7 Å². The fourth-order valence-corrected chi connectivity index (χ4v) is 2.63. The van der Waals surface area contributed by atoms with Crippen LogP contribution in [0.15, 0.2) is 70.4 Å². The Morgan fingerprint density at radius 2 is 1.92 bits per heavy atom. The Balaban J connectivity index is 0.00000288. The Morgan fingerprint density at radius 1 is 1.29 bits per heavy atom. The van der Waals surface area contributed by atoms with Crippen LogP contribution in [0.5, 0.6) is 0 Å². The Labute approximate surface area is 161 Å². The molecule has 0 aliphatic heterocycles. The molecule has 119 valence electrons. The van der Waals surface area contributed by atoms with Crippen molar-refractivity contribution in [2.75, 3.05) is 0 Å². The van der Waals surface area contributed by atoms with Gasteiger partial charge in [0.2, 0.25) is 0 Å². The van der Waals surface area contributed by atoms with Gasteiger partial charge in [0.25, 0.3) is 10.0 Å². The first kappa shape index (κ1) is 20.2. The van der Waals surface area contributed by atoms with E-state index in [1.54, 1.807) is 0 Å². The summed E-state index contributed by atoms with van der Waals surface area (Å²) < 4.78 is 25.6. The second-order valence-corrected chi connectivity index (χ2v) is 6.13. The number of carbonyl (C=O) groups excluding carboxylic acids is 1. The van der Waals surface area contributed by atoms with E-state index in [0.717, 1.165) is 12.3 Å². The minimum atomic E-state index is -3.65. The molecule has 1 aromatic carbocycles. The van der Waals surface area contributed by atoms with Crippen molar-refractivity contribution in [2.24, 2.45) is 4.99 Å². The molecule has 7 nitrogen and oxygen atoms in total. The van der Waals surface area contributed by atoms with Gasteiger partial charge in [-0.05, 0) is 36.4 Å². The molecule has 0 bridgehead atoms. The molecule has 1 aliphatic carbocycles. The smallest absolute Gasteiger partial charge is 0.545 e. The first-order chi connectivity index (χ1) is 10.8. The summed E-state index contributed by atoms with van der Waals surface area (Å²) in [7, 11) is -3.65. The topological polar surface area (TPSA) is 119 Å². The fraction of sp³-hybridized carbons (Fsp3) is 0. The third-order valence-corrected chi connectivity index (χ3v) is 4.21. The van der Waals surface area contributed by atoms with Crippen LogP contribution >= 0.6 is 0 Å². The Bertz CT molecular complexity index is 839. The zero-order valence-corrected chi connectivity index (χ0v) is 15.6. The molecule has 1 aromatic rings. The van der Waals surface area contributed by atoms with E-state index in [2.05, 4.69) is 16.3 Å². The summed E-state index contributed by atoms with van der Waals surface area (Å²) >= 11 is 0. The van der Waals surface area contributed by atoms with Crippen LogP contribution in [0.3, 0.4) is 0 Å². The van der Waals surface area contributed by atoms with Crippen LogP contribution in [0.1, 0.15) is 0 Å². The van der Waals surface area contributed by atoms with Gasteiger partial charge in [-0.2, -0.15) is 0 Å². The molecule has 0 saturated heterocycles. The van der Waals surface area contributed by atoms with Crippen molar-refractivity contribution >= 4 is 27.4 Å². The molecule has 0 aromatic heterocycles. The first-order valence-electron chi connectivity index (χ1n) is 6.33. The van der Waals surface area contributed by atoms with Gasteiger partial charge in [-0.25, -0.2) is 8.42 Å². The quantitative estimate of drug-likeness (QED) is 0.567. The standard InChI is InChI=1S/C15H13N2O5S.Na/c1-2-16-23(21,22)12-6-3-10(4-7-12)17-11-5-8-14(18)13(9-11)15(19)20;/h2-9,16,18H,1H2,(H,19,20);/q;+1/p-1. The van der Waals surface area contributed by atoms with Gasteiger partial charge in [-0.1, -0.05) is 6.58 Å². The summed E-state index contributed by atoms with van der Waals surface area (Å²) in [6.07, 6.45) is 4.84. The monoisotopic (exact) mass is 355 g/mol. The molecule has 0 saturated carbocycles. The van der Waals surface area contributed by atoms with Gasteiger partial charge in [-0.3, -0.25) is 9.71 Å². The van der Waals surface area contributed by atoms with Gasteiger partial charge in [0.15, 0.2) is 0 Å².